The number of rotatable bonds is 5. The average molecular weight is 350 g/mol. The first-order valence-electron chi connectivity index (χ1n) is 9.34. The fourth-order valence-electron chi connectivity index (χ4n) is 5.80. The van der Waals surface area contributed by atoms with Gasteiger partial charge in [0.05, 0.1) is 31.3 Å². The average Bonchev–Trinajstić information content (AvgIpc) is 3.14. The van der Waals surface area contributed by atoms with E-state index in [0.29, 0.717) is 19.3 Å². The molecule has 2 aliphatic carbocycles. The molecule has 25 heavy (non-hydrogen) atoms. The van der Waals surface area contributed by atoms with Gasteiger partial charge in [-0.15, -0.1) is 0 Å². The van der Waals surface area contributed by atoms with Gasteiger partial charge in [0, 0.05) is 16.9 Å². The van der Waals surface area contributed by atoms with E-state index >= 15 is 0 Å². The SMILES string of the molecule is C[C@@H]1C[C@H](O)[C@]2(CO)[C@H](CCC[C@@H]2C=O)[C@@]1(C)C[C@H](O)c1ccoc1. The molecule has 0 radical (unpaired) electrons. The molecule has 5 nitrogen and oxygen atoms in total. The highest BCUT2D eigenvalue weighted by Gasteiger charge is 2.62. The lowest BCUT2D eigenvalue weighted by Crippen LogP contribution is -2.63. The van der Waals surface area contributed by atoms with Crippen molar-refractivity contribution in [1.29, 1.82) is 0 Å². The smallest absolute Gasteiger partial charge is 0.123 e. The number of furan rings is 1. The van der Waals surface area contributed by atoms with Gasteiger partial charge in [0.25, 0.3) is 0 Å². The molecule has 1 heterocycles. The summed E-state index contributed by atoms with van der Waals surface area (Å²) in [6.07, 6.45) is 6.24. The van der Waals surface area contributed by atoms with Crippen LogP contribution >= 0.6 is 0 Å². The molecule has 3 N–H and O–H groups in total. The third-order valence-electron chi connectivity index (χ3n) is 7.47. The minimum Gasteiger partial charge on any atom is -0.472 e. The van der Waals surface area contributed by atoms with Crippen molar-refractivity contribution in [3.63, 3.8) is 0 Å². The molecule has 1 aromatic heterocycles. The van der Waals surface area contributed by atoms with E-state index in [1.807, 2.05) is 0 Å². The van der Waals surface area contributed by atoms with Crippen LogP contribution in [-0.2, 0) is 4.79 Å². The maximum Gasteiger partial charge on any atom is 0.123 e. The molecule has 2 fully saturated rings. The van der Waals surface area contributed by atoms with E-state index < -0.39 is 17.6 Å². The number of aliphatic hydroxyl groups excluding tert-OH is 3. The number of aldehydes is 1. The molecule has 3 rings (SSSR count). The largest absolute Gasteiger partial charge is 0.472 e. The Hall–Kier alpha value is -1.17. The highest BCUT2D eigenvalue weighted by atomic mass is 16.3. The van der Waals surface area contributed by atoms with E-state index in [1.165, 1.54) is 0 Å². The number of hydrogen-bond donors (Lipinski definition) is 3. The number of carbonyl (C=O) groups excluding carboxylic acids is 1. The zero-order valence-corrected chi connectivity index (χ0v) is 15.1. The lowest BCUT2D eigenvalue weighted by molar-refractivity contribution is -0.207. The Bertz CT molecular complexity index is 585. The van der Waals surface area contributed by atoms with E-state index in [4.69, 9.17) is 4.42 Å². The summed E-state index contributed by atoms with van der Waals surface area (Å²) in [6.45, 7) is 4.07. The minimum atomic E-state index is -0.794. The second-order valence-electron chi connectivity index (χ2n) is 8.43. The minimum absolute atomic E-state index is 0.00532. The molecule has 0 aromatic carbocycles. The Morgan fingerprint density at radius 2 is 2.20 bits per heavy atom. The number of carbonyl (C=O) groups is 1. The summed E-state index contributed by atoms with van der Waals surface area (Å²) in [4.78, 5) is 11.7. The Balaban J connectivity index is 1.98. The predicted molar refractivity (Wildman–Crippen MR) is 92.6 cm³/mol. The molecule has 0 aliphatic heterocycles. The van der Waals surface area contributed by atoms with Crippen LogP contribution in [0.3, 0.4) is 0 Å². The van der Waals surface area contributed by atoms with Gasteiger partial charge >= 0.3 is 0 Å². The van der Waals surface area contributed by atoms with Crippen molar-refractivity contribution in [3.05, 3.63) is 24.2 Å². The summed E-state index contributed by atoms with van der Waals surface area (Å²) >= 11 is 0. The van der Waals surface area contributed by atoms with E-state index in [0.717, 1.165) is 24.7 Å². The Morgan fingerprint density at radius 3 is 2.80 bits per heavy atom. The lowest BCUT2D eigenvalue weighted by atomic mass is 9.43. The zero-order chi connectivity index (χ0) is 18.2. The monoisotopic (exact) mass is 350 g/mol. The molecule has 0 saturated heterocycles. The van der Waals surface area contributed by atoms with Crippen LogP contribution in [0.4, 0.5) is 0 Å². The fraction of sp³-hybridized carbons (Fsp3) is 0.750. The Labute approximate surface area is 149 Å². The number of aliphatic hydroxyl groups is 3. The summed E-state index contributed by atoms with van der Waals surface area (Å²) in [7, 11) is 0. The van der Waals surface area contributed by atoms with E-state index in [9.17, 15) is 20.1 Å². The van der Waals surface area contributed by atoms with Gasteiger partial charge in [0.2, 0.25) is 0 Å². The molecule has 5 heteroatoms. The topological polar surface area (TPSA) is 90.9 Å². The number of hydrogen-bond acceptors (Lipinski definition) is 5. The summed E-state index contributed by atoms with van der Waals surface area (Å²) in [5.74, 6) is -0.155. The summed E-state index contributed by atoms with van der Waals surface area (Å²) < 4.78 is 5.10. The van der Waals surface area contributed by atoms with E-state index in [1.54, 1.807) is 18.6 Å². The zero-order valence-electron chi connectivity index (χ0n) is 15.1. The maximum absolute atomic E-state index is 11.7. The first-order valence-corrected chi connectivity index (χ1v) is 9.34. The standard InChI is InChI=1S/C20H30O5/c1-13-8-18(24)20(12-22)15(10-21)4-3-5-17(20)19(13,2)9-16(23)14-6-7-25-11-14/h6-7,10-11,13,15-18,22-24H,3-5,8-9,12H2,1-2H3/t13-,15-,16+,17-,18+,19+,20+/m1/s1. The third-order valence-corrected chi connectivity index (χ3v) is 7.47. The van der Waals surface area contributed by atoms with Crippen LogP contribution in [0, 0.1) is 28.6 Å². The van der Waals surface area contributed by atoms with Crippen molar-refractivity contribution in [2.45, 2.75) is 58.2 Å². The van der Waals surface area contributed by atoms with Gasteiger partial charge in [-0.05, 0) is 49.0 Å². The van der Waals surface area contributed by atoms with Crippen LogP contribution in [0.2, 0.25) is 0 Å². The molecule has 0 unspecified atom stereocenters. The molecule has 2 aliphatic rings. The second-order valence-corrected chi connectivity index (χ2v) is 8.43. The highest BCUT2D eigenvalue weighted by Crippen LogP contribution is 2.63. The summed E-state index contributed by atoms with van der Waals surface area (Å²) in [6, 6.07) is 1.77. The molecule has 140 valence electrons. The quantitative estimate of drug-likeness (QED) is 0.710. The number of fused-ring (bicyclic) bond motifs is 1. The summed E-state index contributed by atoms with van der Waals surface area (Å²) in [5, 5.41) is 31.9. The molecule has 2 saturated carbocycles. The normalized spacial score (nSPS) is 42.6. The van der Waals surface area contributed by atoms with Crippen molar-refractivity contribution in [3.8, 4) is 0 Å². The van der Waals surface area contributed by atoms with Crippen LogP contribution in [0.15, 0.2) is 23.0 Å². The molecule has 1 aromatic rings. The molecule has 0 amide bonds. The first-order chi connectivity index (χ1) is 11.9. The van der Waals surface area contributed by atoms with Crippen molar-refractivity contribution >= 4 is 6.29 Å². The lowest BCUT2D eigenvalue weighted by Gasteiger charge is -2.62. The fourth-order valence-corrected chi connectivity index (χ4v) is 5.80. The van der Waals surface area contributed by atoms with Crippen molar-refractivity contribution < 1.29 is 24.5 Å². The van der Waals surface area contributed by atoms with Gasteiger partial charge in [-0.25, -0.2) is 0 Å². The first kappa shape index (κ1) is 18.6. The molecule has 7 atom stereocenters. The molecule has 0 bridgehead atoms. The van der Waals surface area contributed by atoms with Crippen LogP contribution in [0.1, 0.15) is 57.6 Å². The summed E-state index contributed by atoms with van der Waals surface area (Å²) in [5.41, 5.74) is -0.325. The van der Waals surface area contributed by atoms with Crippen molar-refractivity contribution in [2.75, 3.05) is 6.61 Å². The second kappa shape index (κ2) is 6.86. The van der Waals surface area contributed by atoms with E-state index in [2.05, 4.69) is 13.8 Å². The van der Waals surface area contributed by atoms with Gasteiger partial charge in [-0.1, -0.05) is 20.3 Å². The van der Waals surface area contributed by atoms with Gasteiger partial charge in [0.1, 0.15) is 6.29 Å². The molecular formula is C20H30O5. The van der Waals surface area contributed by atoms with Crippen LogP contribution in [0.5, 0.6) is 0 Å². The van der Waals surface area contributed by atoms with E-state index in [-0.39, 0.29) is 29.8 Å². The van der Waals surface area contributed by atoms with Crippen LogP contribution < -0.4 is 0 Å². The van der Waals surface area contributed by atoms with Crippen molar-refractivity contribution in [2.24, 2.45) is 28.6 Å². The van der Waals surface area contributed by atoms with Crippen molar-refractivity contribution in [1.82, 2.24) is 0 Å². The maximum atomic E-state index is 11.7. The van der Waals surface area contributed by atoms with Gasteiger partial charge in [-0.3, -0.25) is 0 Å². The van der Waals surface area contributed by atoms with Crippen LogP contribution in [0.25, 0.3) is 0 Å². The van der Waals surface area contributed by atoms with Crippen LogP contribution in [-0.4, -0.2) is 34.3 Å². The molecule has 0 spiro atoms. The predicted octanol–water partition coefficient (Wildman–Crippen LogP) is 2.70. The van der Waals surface area contributed by atoms with Gasteiger partial charge in [-0.2, -0.15) is 0 Å². The molecular weight excluding hydrogens is 320 g/mol. The third kappa shape index (κ3) is 2.77. The highest BCUT2D eigenvalue weighted by molar-refractivity contribution is 5.56. The van der Waals surface area contributed by atoms with Gasteiger partial charge in [0.15, 0.2) is 0 Å². The Kier molecular flexibility index (Phi) is 5.11. The van der Waals surface area contributed by atoms with Gasteiger partial charge < -0.3 is 24.5 Å². The Morgan fingerprint density at radius 1 is 1.44 bits per heavy atom.